The molecule has 0 saturated carbocycles. The molecular formula is C24H34N4O4. The summed E-state index contributed by atoms with van der Waals surface area (Å²) in [4.78, 5) is 29.9. The number of rotatable bonds is 11. The van der Waals surface area contributed by atoms with Crippen molar-refractivity contribution in [2.75, 3.05) is 0 Å². The molecule has 0 saturated heterocycles. The van der Waals surface area contributed by atoms with Crippen LogP contribution >= 0.6 is 0 Å². The predicted molar refractivity (Wildman–Crippen MR) is 121 cm³/mol. The van der Waals surface area contributed by atoms with Crippen molar-refractivity contribution in [1.29, 1.82) is 0 Å². The first-order valence-electron chi connectivity index (χ1n) is 11.0. The van der Waals surface area contributed by atoms with Crippen LogP contribution in [0, 0.1) is 11.8 Å². The van der Waals surface area contributed by atoms with E-state index in [-0.39, 0.29) is 16.9 Å². The number of aromatic nitrogens is 2. The van der Waals surface area contributed by atoms with E-state index in [0.717, 1.165) is 12.0 Å². The Hall–Kier alpha value is -3.00. The van der Waals surface area contributed by atoms with Crippen LogP contribution in [0.25, 0.3) is 0 Å². The Labute approximate surface area is 189 Å². The van der Waals surface area contributed by atoms with Gasteiger partial charge in [0.05, 0.1) is 0 Å². The maximum atomic E-state index is 12.8. The minimum atomic E-state index is -0.932. The number of amides is 3. The van der Waals surface area contributed by atoms with Gasteiger partial charge in [-0.25, -0.2) is 4.79 Å². The molecule has 2 atom stereocenters. The number of hydroxylamine groups is 2. The number of carbonyl (C=O) groups excluding carboxylic acids is 2. The van der Waals surface area contributed by atoms with Gasteiger partial charge in [0.25, 0.3) is 5.91 Å². The van der Waals surface area contributed by atoms with E-state index < -0.39 is 23.9 Å². The second-order valence-electron chi connectivity index (χ2n) is 8.68. The summed E-state index contributed by atoms with van der Waals surface area (Å²) >= 11 is 0. The number of allylic oxidation sites excluding steroid dienone is 1. The van der Waals surface area contributed by atoms with Crippen molar-refractivity contribution in [3.8, 4) is 0 Å². The average molecular weight is 443 g/mol. The molecule has 32 heavy (non-hydrogen) atoms. The molecule has 0 aliphatic carbocycles. The summed E-state index contributed by atoms with van der Waals surface area (Å²) in [7, 11) is 0. The van der Waals surface area contributed by atoms with Gasteiger partial charge in [0.15, 0.2) is 5.82 Å². The van der Waals surface area contributed by atoms with Gasteiger partial charge in [-0.2, -0.15) is 4.98 Å². The fraction of sp³-hybridized carbons (Fsp3) is 0.500. The molecule has 0 radical (unpaired) electrons. The van der Waals surface area contributed by atoms with Crippen LogP contribution in [0.1, 0.15) is 76.2 Å². The predicted octanol–water partition coefficient (Wildman–Crippen LogP) is 5.03. The summed E-state index contributed by atoms with van der Waals surface area (Å²) in [5.41, 5.74) is 0.930. The minimum absolute atomic E-state index is 0.0529. The van der Waals surface area contributed by atoms with Crippen molar-refractivity contribution >= 4 is 11.9 Å². The van der Waals surface area contributed by atoms with E-state index in [9.17, 15) is 14.8 Å². The lowest BCUT2D eigenvalue weighted by molar-refractivity contribution is -0.157. The van der Waals surface area contributed by atoms with Gasteiger partial charge in [-0.05, 0) is 24.3 Å². The number of urea groups is 1. The van der Waals surface area contributed by atoms with Gasteiger partial charge >= 0.3 is 6.03 Å². The molecule has 0 aliphatic rings. The first kappa shape index (κ1) is 25.3. The number of nitrogens with zero attached hydrogens (tertiary/aromatic N) is 3. The Kier molecular flexibility index (Phi) is 9.59. The van der Waals surface area contributed by atoms with Crippen LogP contribution < -0.4 is 5.32 Å². The fourth-order valence-electron chi connectivity index (χ4n) is 3.23. The van der Waals surface area contributed by atoms with Gasteiger partial charge < -0.3 is 9.84 Å². The first-order chi connectivity index (χ1) is 15.2. The Bertz CT molecular complexity index is 879. The number of benzene rings is 1. The molecule has 174 valence electrons. The third-order valence-corrected chi connectivity index (χ3v) is 5.15. The van der Waals surface area contributed by atoms with Crippen LogP contribution in [0.4, 0.5) is 4.79 Å². The Morgan fingerprint density at radius 3 is 2.44 bits per heavy atom. The van der Waals surface area contributed by atoms with Gasteiger partial charge in [0.1, 0.15) is 6.04 Å². The van der Waals surface area contributed by atoms with E-state index in [4.69, 9.17) is 4.52 Å². The lowest BCUT2D eigenvalue weighted by Gasteiger charge is -2.23. The molecule has 2 rings (SSSR count). The summed E-state index contributed by atoms with van der Waals surface area (Å²) in [6, 6.07) is 7.85. The number of carbonyl (C=O) groups is 2. The van der Waals surface area contributed by atoms with E-state index >= 15 is 0 Å². The topological polar surface area (TPSA) is 109 Å². The second-order valence-corrected chi connectivity index (χ2v) is 8.68. The molecule has 0 bridgehead atoms. The molecular weight excluding hydrogens is 408 g/mol. The molecule has 2 N–H and O–H groups in total. The monoisotopic (exact) mass is 442 g/mol. The number of hydrogen-bond acceptors (Lipinski definition) is 6. The van der Waals surface area contributed by atoms with Crippen LogP contribution in [-0.2, 0) is 11.2 Å². The van der Waals surface area contributed by atoms with Crippen molar-refractivity contribution < 1.29 is 19.3 Å². The highest BCUT2D eigenvalue weighted by Crippen LogP contribution is 2.21. The van der Waals surface area contributed by atoms with Crippen molar-refractivity contribution in [2.45, 2.75) is 65.3 Å². The summed E-state index contributed by atoms with van der Waals surface area (Å²) in [5, 5.41) is 17.2. The van der Waals surface area contributed by atoms with Gasteiger partial charge in [0, 0.05) is 18.3 Å². The van der Waals surface area contributed by atoms with Crippen molar-refractivity contribution in [3.05, 3.63) is 60.3 Å². The van der Waals surface area contributed by atoms with Gasteiger partial charge in [-0.15, -0.1) is 11.6 Å². The highest BCUT2D eigenvalue weighted by molar-refractivity contribution is 5.94. The van der Waals surface area contributed by atoms with Crippen LogP contribution in [0.3, 0.4) is 0 Å². The highest BCUT2D eigenvalue weighted by atomic mass is 16.5. The molecule has 8 nitrogen and oxygen atoms in total. The lowest BCUT2D eigenvalue weighted by Crippen LogP contribution is -2.46. The molecule has 3 amide bonds. The highest BCUT2D eigenvalue weighted by Gasteiger charge is 2.30. The zero-order chi connectivity index (χ0) is 23.7. The zero-order valence-electron chi connectivity index (χ0n) is 19.3. The van der Waals surface area contributed by atoms with Crippen LogP contribution in [-0.4, -0.2) is 32.3 Å². The molecule has 0 spiro atoms. The second kappa shape index (κ2) is 12.1. The van der Waals surface area contributed by atoms with Crippen LogP contribution in [0.2, 0.25) is 0 Å². The molecule has 1 aromatic heterocycles. The Morgan fingerprint density at radius 2 is 1.88 bits per heavy atom. The fourth-order valence-corrected chi connectivity index (χ4v) is 3.23. The van der Waals surface area contributed by atoms with Gasteiger partial charge in [0.2, 0.25) is 5.89 Å². The van der Waals surface area contributed by atoms with E-state index in [1.807, 2.05) is 44.2 Å². The van der Waals surface area contributed by atoms with E-state index in [0.29, 0.717) is 31.0 Å². The quantitative estimate of drug-likeness (QED) is 0.287. The maximum absolute atomic E-state index is 12.8. The SMILES string of the molecule is C=CC[C@H](CCC(C)C)C(=O)N(O)C(=O)N[C@@H](Cc1ccccc1)c1nc(C(C)C)no1. The summed E-state index contributed by atoms with van der Waals surface area (Å²) in [6.45, 7) is 11.7. The zero-order valence-corrected chi connectivity index (χ0v) is 19.3. The van der Waals surface area contributed by atoms with Gasteiger partial charge in [-0.1, -0.05) is 75.7 Å². The molecule has 1 aromatic carbocycles. The third-order valence-electron chi connectivity index (χ3n) is 5.15. The van der Waals surface area contributed by atoms with Crippen molar-refractivity contribution in [3.63, 3.8) is 0 Å². The normalized spacial score (nSPS) is 13.1. The lowest BCUT2D eigenvalue weighted by atomic mass is 9.94. The first-order valence-corrected chi connectivity index (χ1v) is 11.0. The van der Waals surface area contributed by atoms with Crippen LogP contribution in [0.15, 0.2) is 47.5 Å². The minimum Gasteiger partial charge on any atom is -0.337 e. The van der Waals surface area contributed by atoms with Crippen molar-refractivity contribution in [1.82, 2.24) is 20.5 Å². The maximum Gasteiger partial charge on any atom is 0.349 e. The number of hydrogen-bond donors (Lipinski definition) is 2. The third kappa shape index (κ3) is 7.30. The summed E-state index contributed by atoms with van der Waals surface area (Å²) in [5.74, 6) is 0.0124. The largest absolute Gasteiger partial charge is 0.349 e. The Balaban J connectivity index is 2.17. The van der Waals surface area contributed by atoms with E-state index in [1.54, 1.807) is 6.08 Å². The molecule has 8 heteroatoms. The number of imide groups is 1. The van der Waals surface area contributed by atoms with E-state index in [1.165, 1.54) is 0 Å². The van der Waals surface area contributed by atoms with Crippen molar-refractivity contribution in [2.24, 2.45) is 11.8 Å². The van der Waals surface area contributed by atoms with Crippen LogP contribution in [0.5, 0.6) is 0 Å². The van der Waals surface area contributed by atoms with E-state index in [2.05, 4.69) is 35.9 Å². The summed E-state index contributed by atoms with van der Waals surface area (Å²) in [6.07, 6.45) is 3.72. The molecule has 0 unspecified atom stereocenters. The molecule has 0 aliphatic heterocycles. The standard InChI is InChI=1S/C24H34N4O4/c1-6-10-19(14-13-16(2)3)23(29)28(31)24(30)25-20(15-18-11-8-7-9-12-18)22-26-21(17(4)5)27-32-22/h6-9,11-12,16-17,19-20,31H,1,10,13-15H2,2-5H3,(H,25,30)/t19-,20+/m1/s1. The Morgan fingerprint density at radius 1 is 1.19 bits per heavy atom. The van der Waals surface area contributed by atoms with Gasteiger partial charge in [-0.3, -0.25) is 10.0 Å². The average Bonchev–Trinajstić information content (AvgIpc) is 3.26. The molecule has 1 heterocycles. The summed E-state index contributed by atoms with van der Waals surface area (Å²) < 4.78 is 5.38. The number of nitrogens with one attached hydrogen (secondary N) is 1. The molecule has 2 aromatic rings. The molecule has 0 fully saturated rings. The smallest absolute Gasteiger partial charge is 0.337 e.